The molecule has 4 nitrogen and oxygen atoms in total. The monoisotopic (exact) mass is 284 g/mol. The van der Waals surface area contributed by atoms with Crippen LogP contribution >= 0.6 is 0 Å². The van der Waals surface area contributed by atoms with Gasteiger partial charge < -0.3 is 15.4 Å². The molecule has 0 fully saturated rings. The van der Waals surface area contributed by atoms with Crippen molar-refractivity contribution in [3.05, 3.63) is 54.6 Å². The standard InChI is InChI=1S/C17H20N2O2/c1-13(12-18-2)17(20)19-14-8-10-16(11-9-14)21-15-6-4-3-5-7-15/h3-11,13,18H,12H2,1-2H3,(H,19,20). The van der Waals surface area contributed by atoms with E-state index in [-0.39, 0.29) is 11.8 Å². The van der Waals surface area contributed by atoms with Gasteiger partial charge in [-0.2, -0.15) is 0 Å². The number of nitrogens with one attached hydrogen (secondary N) is 2. The summed E-state index contributed by atoms with van der Waals surface area (Å²) < 4.78 is 5.70. The minimum Gasteiger partial charge on any atom is -0.457 e. The SMILES string of the molecule is CNCC(C)C(=O)Nc1ccc(Oc2ccccc2)cc1. The van der Waals surface area contributed by atoms with Crippen molar-refractivity contribution in [3.8, 4) is 11.5 Å². The highest BCUT2D eigenvalue weighted by atomic mass is 16.5. The predicted molar refractivity (Wildman–Crippen MR) is 84.7 cm³/mol. The second kappa shape index (κ2) is 7.45. The number of rotatable bonds is 6. The Hall–Kier alpha value is -2.33. The molecular weight excluding hydrogens is 264 g/mol. The normalized spacial score (nSPS) is 11.7. The summed E-state index contributed by atoms with van der Waals surface area (Å²) in [5.74, 6) is 1.45. The van der Waals surface area contributed by atoms with Gasteiger partial charge in [0.25, 0.3) is 0 Å². The fourth-order valence-electron chi connectivity index (χ4n) is 1.90. The first-order chi connectivity index (χ1) is 10.2. The van der Waals surface area contributed by atoms with Crippen molar-refractivity contribution in [2.24, 2.45) is 5.92 Å². The van der Waals surface area contributed by atoms with Crippen molar-refractivity contribution in [2.75, 3.05) is 18.9 Å². The van der Waals surface area contributed by atoms with E-state index in [0.717, 1.165) is 17.2 Å². The molecule has 0 saturated heterocycles. The molecule has 0 aliphatic heterocycles. The largest absolute Gasteiger partial charge is 0.457 e. The van der Waals surface area contributed by atoms with Crippen molar-refractivity contribution in [1.29, 1.82) is 0 Å². The molecule has 0 spiro atoms. The Morgan fingerprint density at radius 1 is 1.05 bits per heavy atom. The minimum atomic E-state index is -0.0738. The zero-order valence-electron chi connectivity index (χ0n) is 12.3. The van der Waals surface area contributed by atoms with Gasteiger partial charge in [-0.1, -0.05) is 25.1 Å². The summed E-state index contributed by atoms with van der Waals surface area (Å²) in [6.07, 6.45) is 0. The van der Waals surface area contributed by atoms with Crippen LogP contribution in [0.2, 0.25) is 0 Å². The molecule has 4 heteroatoms. The molecule has 2 N–H and O–H groups in total. The van der Waals surface area contributed by atoms with Crippen LogP contribution in [0.1, 0.15) is 6.92 Å². The second-order valence-corrected chi connectivity index (χ2v) is 4.89. The van der Waals surface area contributed by atoms with Crippen LogP contribution in [0.3, 0.4) is 0 Å². The summed E-state index contributed by atoms with van der Waals surface area (Å²) in [6, 6.07) is 16.9. The first-order valence-electron chi connectivity index (χ1n) is 6.97. The minimum absolute atomic E-state index is 0.000998. The van der Waals surface area contributed by atoms with E-state index in [2.05, 4.69) is 10.6 Å². The number of hydrogen-bond donors (Lipinski definition) is 2. The van der Waals surface area contributed by atoms with Gasteiger partial charge in [-0.25, -0.2) is 0 Å². The Kier molecular flexibility index (Phi) is 5.35. The molecule has 0 heterocycles. The molecule has 0 radical (unpaired) electrons. The lowest BCUT2D eigenvalue weighted by atomic mass is 10.1. The molecule has 0 aliphatic rings. The lowest BCUT2D eigenvalue weighted by molar-refractivity contribution is -0.119. The third kappa shape index (κ3) is 4.61. The van der Waals surface area contributed by atoms with E-state index < -0.39 is 0 Å². The van der Waals surface area contributed by atoms with Gasteiger partial charge in [0, 0.05) is 18.2 Å². The number of benzene rings is 2. The van der Waals surface area contributed by atoms with Crippen molar-refractivity contribution in [3.63, 3.8) is 0 Å². The summed E-state index contributed by atoms with van der Waals surface area (Å²) >= 11 is 0. The van der Waals surface area contributed by atoms with Gasteiger partial charge in [-0.05, 0) is 43.4 Å². The van der Waals surface area contributed by atoms with Crippen LogP contribution in [-0.4, -0.2) is 19.5 Å². The first-order valence-corrected chi connectivity index (χ1v) is 6.97. The van der Waals surface area contributed by atoms with E-state index in [0.29, 0.717) is 6.54 Å². The molecule has 2 aromatic rings. The van der Waals surface area contributed by atoms with E-state index >= 15 is 0 Å². The molecule has 21 heavy (non-hydrogen) atoms. The van der Waals surface area contributed by atoms with Crippen LogP contribution < -0.4 is 15.4 Å². The second-order valence-electron chi connectivity index (χ2n) is 4.89. The summed E-state index contributed by atoms with van der Waals surface area (Å²) in [7, 11) is 1.83. The zero-order chi connectivity index (χ0) is 15.1. The summed E-state index contributed by atoms with van der Waals surface area (Å²) in [6.45, 7) is 2.54. The fourth-order valence-corrected chi connectivity index (χ4v) is 1.90. The number of carbonyl (C=O) groups excluding carboxylic acids is 1. The van der Waals surface area contributed by atoms with Gasteiger partial charge in [0.15, 0.2) is 0 Å². The third-order valence-corrected chi connectivity index (χ3v) is 3.06. The number of amides is 1. The van der Waals surface area contributed by atoms with Crippen LogP contribution in [0.5, 0.6) is 11.5 Å². The Bertz CT molecular complexity index is 567. The van der Waals surface area contributed by atoms with E-state index in [1.54, 1.807) is 0 Å². The zero-order valence-corrected chi connectivity index (χ0v) is 12.3. The summed E-state index contributed by atoms with van der Waals surface area (Å²) in [5, 5.41) is 5.87. The first kappa shape index (κ1) is 15.1. The molecule has 0 bridgehead atoms. The third-order valence-electron chi connectivity index (χ3n) is 3.06. The highest BCUT2D eigenvalue weighted by Gasteiger charge is 2.11. The Labute approximate surface area is 125 Å². The Balaban J connectivity index is 1.94. The highest BCUT2D eigenvalue weighted by molar-refractivity contribution is 5.92. The molecule has 1 unspecified atom stereocenters. The molecule has 1 atom stereocenters. The molecule has 2 rings (SSSR count). The van der Waals surface area contributed by atoms with Crippen LogP contribution in [0.4, 0.5) is 5.69 Å². The van der Waals surface area contributed by atoms with Crippen LogP contribution in [0.15, 0.2) is 54.6 Å². The number of hydrogen-bond acceptors (Lipinski definition) is 3. The molecule has 0 aliphatic carbocycles. The van der Waals surface area contributed by atoms with Crippen molar-refractivity contribution in [2.45, 2.75) is 6.92 Å². The van der Waals surface area contributed by atoms with Gasteiger partial charge in [-0.3, -0.25) is 4.79 Å². The van der Waals surface area contributed by atoms with Gasteiger partial charge in [-0.15, -0.1) is 0 Å². The van der Waals surface area contributed by atoms with Gasteiger partial charge in [0.1, 0.15) is 11.5 Å². The van der Waals surface area contributed by atoms with E-state index in [4.69, 9.17) is 4.74 Å². The fraction of sp³-hybridized carbons (Fsp3) is 0.235. The summed E-state index contributed by atoms with van der Waals surface area (Å²) in [4.78, 5) is 11.9. The van der Waals surface area contributed by atoms with E-state index in [1.807, 2.05) is 68.6 Å². The number of para-hydroxylation sites is 1. The van der Waals surface area contributed by atoms with Crippen LogP contribution in [0, 0.1) is 5.92 Å². The van der Waals surface area contributed by atoms with Crippen molar-refractivity contribution in [1.82, 2.24) is 5.32 Å². The summed E-state index contributed by atoms with van der Waals surface area (Å²) in [5.41, 5.74) is 0.767. The maximum Gasteiger partial charge on any atom is 0.228 e. The van der Waals surface area contributed by atoms with E-state index in [1.165, 1.54) is 0 Å². The van der Waals surface area contributed by atoms with Crippen molar-refractivity contribution >= 4 is 11.6 Å². The smallest absolute Gasteiger partial charge is 0.228 e. The quantitative estimate of drug-likeness (QED) is 0.856. The topological polar surface area (TPSA) is 50.4 Å². The number of ether oxygens (including phenoxy) is 1. The molecule has 1 amide bonds. The van der Waals surface area contributed by atoms with Gasteiger partial charge in [0.05, 0.1) is 0 Å². The average molecular weight is 284 g/mol. The van der Waals surface area contributed by atoms with Gasteiger partial charge >= 0.3 is 0 Å². The number of carbonyl (C=O) groups is 1. The van der Waals surface area contributed by atoms with Crippen LogP contribution in [0.25, 0.3) is 0 Å². The lowest BCUT2D eigenvalue weighted by Crippen LogP contribution is -2.28. The maximum atomic E-state index is 11.9. The van der Waals surface area contributed by atoms with E-state index in [9.17, 15) is 4.79 Å². The average Bonchev–Trinajstić information content (AvgIpc) is 2.50. The maximum absolute atomic E-state index is 11.9. The van der Waals surface area contributed by atoms with Crippen LogP contribution in [-0.2, 0) is 4.79 Å². The van der Waals surface area contributed by atoms with Crippen molar-refractivity contribution < 1.29 is 9.53 Å². The Morgan fingerprint density at radius 2 is 1.67 bits per heavy atom. The molecule has 0 saturated carbocycles. The Morgan fingerprint density at radius 3 is 2.29 bits per heavy atom. The highest BCUT2D eigenvalue weighted by Crippen LogP contribution is 2.22. The molecule has 2 aromatic carbocycles. The molecule has 110 valence electrons. The number of anilines is 1. The lowest BCUT2D eigenvalue weighted by Gasteiger charge is -2.12. The molecular formula is C17H20N2O2. The molecule has 0 aromatic heterocycles. The van der Waals surface area contributed by atoms with Gasteiger partial charge in [0.2, 0.25) is 5.91 Å². The predicted octanol–water partition coefficient (Wildman–Crippen LogP) is 3.27.